The van der Waals surface area contributed by atoms with Gasteiger partial charge in [-0.3, -0.25) is 19.6 Å². The number of benzene rings is 1. The number of rotatable bonds is 1. The van der Waals surface area contributed by atoms with Gasteiger partial charge >= 0.3 is 0 Å². The molecule has 92 valence electrons. The van der Waals surface area contributed by atoms with Gasteiger partial charge in [0.1, 0.15) is 0 Å². The monoisotopic (exact) mass is 243 g/mol. The average Bonchev–Trinajstić information content (AvgIpc) is 2.68. The van der Waals surface area contributed by atoms with Crippen molar-refractivity contribution in [3.05, 3.63) is 30.0 Å². The van der Waals surface area contributed by atoms with Crippen molar-refractivity contribution in [2.45, 2.75) is 18.8 Å². The van der Waals surface area contributed by atoms with E-state index in [1.807, 2.05) is 31.4 Å². The molecule has 1 aliphatic rings. The number of hydrogen-bond donors (Lipinski definition) is 1. The summed E-state index contributed by atoms with van der Waals surface area (Å²) < 4.78 is 1.75. The Labute approximate surface area is 104 Å². The molecule has 2 aromatic rings. The molecule has 0 saturated carbocycles. The molecular formula is C13H13N3O2. The molecule has 1 aromatic carbocycles. The van der Waals surface area contributed by atoms with Crippen LogP contribution in [-0.2, 0) is 16.6 Å². The van der Waals surface area contributed by atoms with Crippen molar-refractivity contribution in [3.63, 3.8) is 0 Å². The van der Waals surface area contributed by atoms with Crippen LogP contribution in [0.15, 0.2) is 24.4 Å². The summed E-state index contributed by atoms with van der Waals surface area (Å²) in [6.07, 6.45) is 2.91. The van der Waals surface area contributed by atoms with Crippen LogP contribution in [0.25, 0.3) is 10.9 Å². The van der Waals surface area contributed by atoms with Crippen molar-refractivity contribution >= 4 is 22.7 Å². The lowest BCUT2D eigenvalue weighted by molar-refractivity contribution is -0.134. The number of fused-ring (bicyclic) bond motifs is 1. The lowest BCUT2D eigenvalue weighted by Gasteiger charge is -2.20. The Balaban J connectivity index is 1.98. The van der Waals surface area contributed by atoms with Crippen molar-refractivity contribution in [2.75, 3.05) is 0 Å². The Bertz CT molecular complexity index is 645. The van der Waals surface area contributed by atoms with Crippen LogP contribution in [0.4, 0.5) is 0 Å². The molecule has 1 N–H and O–H groups in total. The number of carbonyl (C=O) groups excluding carboxylic acids is 2. The first-order valence-electron chi connectivity index (χ1n) is 5.90. The zero-order valence-corrected chi connectivity index (χ0v) is 10.0. The molecule has 5 nitrogen and oxygen atoms in total. The Kier molecular flexibility index (Phi) is 2.40. The second kappa shape index (κ2) is 3.94. The summed E-state index contributed by atoms with van der Waals surface area (Å²) in [6, 6.07) is 5.80. The highest BCUT2D eigenvalue weighted by Gasteiger charge is 2.27. The van der Waals surface area contributed by atoms with Crippen LogP contribution in [0.5, 0.6) is 0 Å². The minimum Gasteiger partial charge on any atom is -0.296 e. The van der Waals surface area contributed by atoms with Crippen LogP contribution >= 0.6 is 0 Å². The van der Waals surface area contributed by atoms with Gasteiger partial charge in [-0.2, -0.15) is 5.10 Å². The van der Waals surface area contributed by atoms with Crippen LogP contribution in [0, 0.1) is 0 Å². The predicted molar refractivity (Wildman–Crippen MR) is 65.8 cm³/mol. The third-order valence-electron chi connectivity index (χ3n) is 3.28. The zero-order chi connectivity index (χ0) is 12.7. The lowest BCUT2D eigenvalue weighted by atomic mass is 9.90. The first-order chi connectivity index (χ1) is 8.63. The summed E-state index contributed by atoms with van der Waals surface area (Å²) in [6.45, 7) is 0. The van der Waals surface area contributed by atoms with E-state index in [1.54, 1.807) is 4.68 Å². The second-order valence-electron chi connectivity index (χ2n) is 4.62. The summed E-state index contributed by atoms with van der Waals surface area (Å²) in [5.74, 6) is -0.611. The smallest absolute Gasteiger partial charge is 0.234 e. The van der Waals surface area contributed by atoms with Gasteiger partial charge < -0.3 is 0 Å². The molecule has 2 amide bonds. The SMILES string of the molecule is Cn1cc2cc(C3CCC(=O)NC3=O)ccc2n1. The van der Waals surface area contributed by atoms with Crippen molar-refractivity contribution in [2.24, 2.45) is 7.05 Å². The fraction of sp³-hybridized carbons (Fsp3) is 0.308. The molecule has 0 aliphatic carbocycles. The summed E-state index contributed by atoms with van der Waals surface area (Å²) in [5.41, 5.74) is 1.86. The van der Waals surface area contributed by atoms with Crippen molar-refractivity contribution < 1.29 is 9.59 Å². The van der Waals surface area contributed by atoms with Crippen LogP contribution < -0.4 is 5.32 Å². The van der Waals surface area contributed by atoms with E-state index >= 15 is 0 Å². The van der Waals surface area contributed by atoms with Crippen LogP contribution in [-0.4, -0.2) is 21.6 Å². The minimum atomic E-state index is -0.229. The number of hydrogen-bond acceptors (Lipinski definition) is 3. The van der Waals surface area contributed by atoms with Crippen LogP contribution in [0.2, 0.25) is 0 Å². The van der Waals surface area contributed by atoms with Gasteiger partial charge in [-0.05, 0) is 24.1 Å². The fourth-order valence-electron chi connectivity index (χ4n) is 2.40. The first kappa shape index (κ1) is 11.0. The number of nitrogens with zero attached hydrogens (tertiary/aromatic N) is 2. The molecule has 1 unspecified atom stereocenters. The van der Waals surface area contributed by atoms with Gasteiger partial charge in [-0.15, -0.1) is 0 Å². The minimum absolute atomic E-state index is 0.182. The summed E-state index contributed by atoms with van der Waals surface area (Å²) in [5, 5.41) is 7.69. The van der Waals surface area contributed by atoms with Gasteiger partial charge in [-0.1, -0.05) is 6.07 Å². The highest BCUT2D eigenvalue weighted by Crippen LogP contribution is 2.27. The number of nitrogens with one attached hydrogen (secondary N) is 1. The highest BCUT2D eigenvalue weighted by atomic mass is 16.2. The summed E-state index contributed by atoms with van der Waals surface area (Å²) >= 11 is 0. The van der Waals surface area contributed by atoms with Crippen molar-refractivity contribution in [1.82, 2.24) is 15.1 Å². The number of aryl methyl sites for hydroxylation is 1. The molecule has 1 aromatic heterocycles. The van der Waals surface area contributed by atoms with E-state index in [0.717, 1.165) is 16.5 Å². The van der Waals surface area contributed by atoms with Gasteiger partial charge in [0.25, 0.3) is 0 Å². The molecule has 18 heavy (non-hydrogen) atoms. The molecule has 1 saturated heterocycles. The maximum atomic E-state index is 11.8. The van der Waals surface area contributed by atoms with E-state index in [0.29, 0.717) is 12.8 Å². The zero-order valence-electron chi connectivity index (χ0n) is 10.0. The molecule has 2 heterocycles. The van der Waals surface area contributed by atoms with Gasteiger partial charge in [0, 0.05) is 25.1 Å². The van der Waals surface area contributed by atoms with Gasteiger partial charge in [-0.25, -0.2) is 0 Å². The predicted octanol–water partition coefficient (Wildman–Crippen LogP) is 1.09. The second-order valence-corrected chi connectivity index (χ2v) is 4.62. The van der Waals surface area contributed by atoms with Crippen LogP contribution in [0.3, 0.4) is 0 Å². The van der Waals surface area contributed by atoms with E-state index in [-0.39, 0.29) is 17.7 Å². The highest BCUT2D eigenvalue weighted by molar-refractivity contribution is 6.01. The van der Waals surface area contributed by atoms with Gasteiger partial charge in [0.2, 0.25) is 11.8 Å². The Hall–Kier alpha value is -2.17. The van der Waals surface area contributed by atoms with E-state index < -0.39 is 0 Å². The number of aromatic nitrogens is 2. The Morgan fingerprint density at radius 2 is 2.22 bits per heavy atom. The van der Waals surface area contributed by atoms with Crippen LogP contribution in [0.1, 0.15) is 24.3 Å². The average molecular weight is 243 g/mol. The number of piperidine rings is 1. The standard InChI is InChI=1S/C13H13N3O2/c1-16-7-9-6-8(2-4-11(9)15-16)10-3-5-12(17)14-13(10)18/h2,4,6-7,10H,3,5H2,1H3,(H,14,17,18). The fourth-order valence-corrected chi connectivity index (χ4v) is 2.40. The molecule has 0 radical (unpaired) electrons. The lowest BCUT2D eigenvalue weighted by Crippen LogP contribution is -2.39. The topological polar surface area (TPSA) is 64.0 Å². The molecule has 0 spiro atoms. The van der Waals surface area contributed by atoms with E-state index in [4.69, 9.17) is 0 Å². The molecule has 1 fully saturated rings. The van der Waals surface area contributed by atoms with Crippen molar-refractivity contribution in [3.8, 4) is 0 Å². The molecule has 5 heteroatoms. The maximum absolute atomic E-state index is 11.8. The third-order valence-corrected chi connectivity index (χ3v) is 3.28. The van der Waals surface area contributed by atoms with Crippen molar-refractivity contribution in [1.29, 1.82) is 0 Å². The largest absolute Gasteiger partial charge is 0.296 e. The summed E-state index contributed by atoms with van der Waals surface area (Å²) in [7, 11) is 1.87. The van der Waals surface area contributed by atoms with Gasteiger partial charge in [0.15, 0.2) is 0 Å². The molecule has 0 bridgehead atoms. The van der Waals surface area contributed by atoms with E-state index in [1.165, 1.54) is 0 Å². The van der Waals surface area contributed by atoms with E-state index in [9.17, 15) is 9.59 Å². The third kappa shape index (κ3) is 1.77. The number of imide groups is 1. The summed E-state index contributed by atoms with van der Waals surface area (Å²) in [4.78, 5) is 22.9. The van der Waals surface area contributed by atoms with E-state index in [2.05, 4.69) is 10.4 Å². The molecular weight excluding hydrogens is 230 g/mol. The molecule has 1 aliphatic heterocycles. The normalized spacial score (nSPS) is 20.2. The Morgan fingerprint density at radius 1 is 1.39 bits per heavy atom. The molecule has 3 rings (SSSR count). The number of amides is 2. The maximum Gasteiger partial charge on any atom is 0.234 e. The quantitative estimate of drug-likeness (QED) is 0.763. The molecule has 1 atom stereocenters. The first-order valence-corrected chi connectivity index (χ1v) is 5.90. The number of carbonyl (C=O) groups is 2. The van der Waals surface area contributed by atoms with Gasteiger partial charge in [0.05, 0.1) is 11.4 Å². The Morgan fingerprint density at radius 3 is 3.00 bits per heavy atom.